The number of nitro groups is 1. The first-order valence-corrected chi connectivity index (χ1v) is 12.4. The Morgan fingerprint density at radius 1 is 0.882 bits per heavy atom. The predicted octanol–water partition coefficient (Wildman–Crippen LogP) is 3.14. The van der Waals surface area contributed by atoms with Gasteiger partial charge in [-0.1, -0.05) is 51.9 Å². The lowest BCUT2D eigenvalue weighted by molar-refractivity contribution is -0.384. The van der Waals surface area contributed by atoms with Crippen LogP contribution in [0.15, 0.2) is 24.3 Å². The van der Waals surface area contributed by atoms with Crippen LogP contribution in [0.25, 0.3) is 0 Å². The van der Waals surface area contributed by atoms with Crippen LogP contribution in [0.5, 0.6) is 0 Å². The topological polar surface area (TPSA) is 130 Å². The van der Waals surface area contributed by atoms with Crippen LogP contribution in [-0.2, 0) is 9.59 Å². The second-order valence-electron chi connectivity index (χ2n) is 9.26. The third kappa shape index (κ3) is 5.12. The van der Waals surface area contributed by atoms with Gasteiger partial charge in [0.25, 0.3) is 23.0 Å². The Balaban J connectivity index is 1.90. The average molecular weight is 475 g/mol. The molecule has 2 heterocycles. The van der Waals surface area contributed by atoms with Crippen molar-refractivity contribution in [2.75, 3.05) is 26.2 Å². The van der Waals surface area contributed by atoms with Crippen molar-refractivity contribution in [2.45, 2.75) is 70.3 Å². The van der Waals surface area contributed by atoms with Gasteiger partial charge in [-0.3, -0.25) is 34.8 Å². The van der Waals surface area contributed by atoms with Gasteiger partial charge in [0.05, 0.1) is 18.0 Å². The molecule has 4 amide bonds. The van der Waals surface area contributed by atoms with Crippen molar-refractivity contribution in [1.82, 2.24) is 20.4 Å². The number of amides is 4. The van der Waals surface area contributed by atoms with Crippen LogP contribution in [0.4, 0.5) is 16.2 Å². The molecule has 3 N–H and O–H groups in total. The van der Waals surface area contributed by atoms with E-state index in [9.17, 15) is 24.5 Å². The number of nitrogens with one attached hydrogen (secondary N) is 3. The molecule has 186 valence electrons. The van der Waals surface area contributed by atoms with Gasteiger partial charge in [0.15, 0.2) is 0 Å². The zero-order valence-corrected chi connectivity index (χ0v) is 19.9. The molecule has 0 aromatic heterocycles. The molecule has 0 aliphatic carbocycles. The van der Waals surface area contributed by atoms with Crippen LogP contribution in [0.3, 0.4) is 0 Å². The number of imide groups is 2. The summed E-state index contributed by atoms with van der Waals surface area (Å²) in [6.45, 7) is 4.23. The van der Waals surface area contributed by atoms with E-state index in [1.807, 2.05) is 0 Å². The predicted molar refractivity (Wildman–Crippen MR) is 129 cm³/mol. The standard InChI is InChI=1S/C24H35N5O5/c1-2-3-4-5-6-7-8-9-14-24(21(30)26-23(32)27-22(24)31)29(17-15-25-16-18-29)20-12-10-19(11-13-20)28(33)34/h10-13,25H,2-9,14-18H2,1H3,(H-,26,27,30,31,32)/p+1. The normalized spacial score (nSPS) is 19.4. The van der Waals surface area contributed by atoms with Crippen molar-refractivity contribution in [3.63, 3.8) is 0 Å². The van der Waals surface area contributed by atoms with Crippen LogP contribution >= 0.6 is 0 Å². The van der Waals surface area contributed by atoms with E-state index in [4.69, 9.17) is 0 Å². The Morgan fingerprint density at radius 2 is 1.41 bits per heavy atom. The lowest BCUT2D eigenvalue weighted by Gasteiger charge is -2.53. The molecule has 2 fully saturated rings. The van der Waals surface area contributed by atoms with Crippen molar-refractivity contribution in [3.05, 3.63) is 34.4 Å². The number of non-ortho nitro benzene ring substituents is 1. The van der Waals surface area contributed by atoms with Gasteiger partial charge in [-0.25, -0.2) is 4.79 Å². The Labute approximate surface area is 200 Å². The van der Waals surface area contributed by atoms with Gasteiger partial charge in [-0.15, -0.1) is 0 Å². The van der Waals surface area contributed by atoms with E-state index in [0.717, 1.165) is 19.3 Å². The summed E-state index contributed by atoms with van der Waals surface area (Å²) in [5.41, 5.74) is -0.915. The summed E-state index contributed by atoms with van der Waals surface area (Å²) < 4.78 is 0.0272. The maximum Gasteiger partial charge on any atom is 0.328 e. The average Bonchev–Trinajstić information content (AvgIpc) is 2.82. The molecule has 2 aliphatic rings. The highest BCUT2D eigenvalue weighted by Gasteiger charge is 2.65. The summed E-state index contributed by atoms with van der Waals surface area (Å²) in [6.07, 6.45) is 8.85. The lowest BCUT2D eigenvalue weighted by atomic mass is 9.82. The molecule has 2 saturated heterocycles. The zero-order chi connectivity index (χ0) is 24.6. The van der Waals surface area contributed by atoms with Crippen molar-refractivity contribution in [2.24, 2.45) is 0 Å². The number of nitro benzene ring substituents is 1. The minimum Gasteiger partial charge on any atom is -0.306 e. The van der Waals surface area contributed by atoms with Crippen molar-refractivity contribution < 1.29 is 19.3 Å². The van der Waals surface area contributed by atoms with Crippen LogP contribution in [0, 0.1) is 10.1 Å². The Morgan fingerprint density at radius 3 is 1.94 bits per heavy atom. The lowest BCUT2D eigenvalue weighted by Crippen LogP contribution is -2.83. The van der Waals surface area contributed by atoms with Crippen LogP contribution in [-0.4, -0.2) is 54.5 Å². The van der Waals surface area contributed by atoms with Gasteiger partial charge in [0.1, 0.15) is 5.69 Å². The second kappa shape index (κ2) is 11.5. The summed E-state index contributed by atoms with van der Waals surface area (Å²) in [7, 11) is 0. The number of hydrogen-bond acceptors (Lipinski definition) is 6. The molecule has 10 heteroatoms. The number of hydrogen-bond donors (Lipinski definition) is 3. The first-order valence-electron chi connectivity index (χ1n) is 12.4. The molecule has 10 nitrogen and oxygen atoms in total. The zero-order valence-electron chi connectivity index (χ0n) is 19.9. The summed E-state index contributed by atoms with van der Waals surface area (Å²) >= 11 is 0. The highest BCUT2D eigenvalue weighted by atomic mass is 16.6. The fourth-order valence-corrected chi connectivity index (χ4v) is 5.39. The molecule has 0 atom stereocenters. The van der Waals surface area contributed by atoms with Gasteiger partial charge in [-0.05, 0) is 6.42 Å². The Kier molecular flexibility index (Phi) is 8.73. The molecule has 34 heavy (non-hydrogen) atoms. The number of piperazine rings is 1. The van der Waals surface area contributed by atoms with Crippen molar-refractivity contribution >= 4 is 29.2 Å². The highest BCUT2D eigenvalue weighted by molar-refractivity contribution is 6.23. The van der Waals surface area contributed by atoms with Crippen LogP contribution in [0.1, 0.15) is 64.7 Å². The van der Waals surface area contributed by atoms with E-state index >= 15 is 0 Å². The maximum atomic E-state index is 13.5. The SMILES string of the molecule is CCCCCCCCCCC1([N+]2(c3ccc([N+](=O)[O-])cc3)CCNCC2)C(=O)NC(=O)NC1=O. The molecule has 3 rings (SSSR count). The molecule has 1 aromatic rings. The Bertz CT molecular complexity index is 876. The van der Waals surface area contributed by atoms with Crippen LogP contribution < -0.4 is 20.4 Å². The fourth-order valence-electron chi connectivity index (χ4n) is 5.39. The van der Waals surface area contributed by atoms with E-state index in [1.54, 1.807) is 12.1 Å². The largest absolute Gasteiger partial charge is 0.328 e. The third-order valence-electron chi connectivity index (χ3n) is 7.22. The Hall–Kier alpha value is -2.85. The fraction of sp³-hybridized carbons (Fsp3) is 0.625. The molecule has 0 saturated carbocycles. The minimum atomic E-state index is -1.52. The summed E-state index contributed by atoms with van der Waals surface area (Å²) in [4.78, 5) is 49.7. The first kappa shape index (κ1) is 25.8. The van der Waals surface area contributed by atoms with Crippen molar-refractivity contribution in [1.29, 1.82) is 0 Å². The van der Waals surface area contributed by atoms with E-state index in [1.165, 1.54) is 37.8 Å². The van der Waals surface area contributed by atoms with E-state index in [-0.39, 0.29) is 10.2 Å². The second-order valence-corrected chi connectivity index (χ2v) is 9.26. The number of quaternary nitrogens is 1. The highest BCUT2D eigenvalue weighted by Crippen LogP contribution is 2.40. The summed E-state index contributed by atoms with van der Waals surface area (Å²) in [6, 6.07) is 5.28. The number of unbranched alkanes of at least 4 members (excludes halogenated alkanes) is 7. The molecular formula is C24H36N5O5+. The quantitative estimate of drug-likeness (QED) is 0.140. The van der Waals surface area contributed by atoms with E-state index < -0.39 is 28.3 Å². The minimum absolute atomic E-state index is 0.0272. The summed E-state index contributed by atoms with van der Waals surface area (Å²) in [5.74, 6) is -1.19. The molecule has 0 unspecified atom stereocenters. The van der Waals surface area contributed by atoms with Gasteiger partial charge >= 0.3 is 6.03 Å². The van der Waals surface area contributed by atoms with Crippen LogP contribution in [0.2, 0.25) is 0 Å². The van der Waals surface area contributed by atoms with Gasteiger partial charge in [0.2, 0.25) is 0 Å². The van der Waals surface area contributed by atoms with E-state index in [0.29, 0.717) is 44.7 Å². The molecule has 0 spiro atoms. The summed E-state index contributed by atoms with van der Waals surface area (Å²) in [5, 5.41) is 19.2. The first-order chi connectivity index (χ1) is 16.4. The maximum absolute atomic E-state index is 13.5. The molecule has 1 aromatic carbocycles. The number of barbiturate groups is 1. The van der Waals surface area contributed by atoms with Crippen molar-refractivity contribution in [3.8, 4) is 0 Å². The number of nitrogens with zero attached hydrogens (tertiary/aromatic N) is 2. The smallest absolute Gasteiger partial charge is 0.306 e. The van der Waals surface area contributed by atoms with Gasteiger partial charge < -0.3 is 5.32 Å². The monoisotopic (exact) mass is 474 g/mol. The third-order valence-corrected chi connectivity index (χ3v) is 7.22. The molecule has 0 radical (unpaired) electrons. The molecular weight excluding hydrogens is 438 g/mol. The van der Waals surface area contributed by atoms with Gasteiger partial charge in [0, 0.05) is 43.8 Å². The number of rotatable bonds is 12. The molecule has 0 bridgehead atoms. The van der Waals surface area contributed by atoms with Gasteiger partial charge in [-0.2, -0.15) is 0 Å². The number of carbonyl (C=O) groups excluding carboxylic acids is 3. The number of carbonyl (C=O) groups is 3. The number of urea groups is 1. The number of benzene rings is 1. The molecule has 2 aliphatic heterocycles. The van der Waals surface area contributed by atoms with E-state index in [2.05, 4.69) is 22.9 Å².